The zero-order chi connectivity index (χ0) is 20.7. The minimum atomic E-state index is -1.90. The molecule has 0 saturated carbocycles. The van der Waals surface area contributed by atoms with Gasteiger partial charge in [0.05, 0.1) is 10.7 Å². The van der Waals surface area contributed by atoms with Crippen LogP contribution in [0.25, 0.3) is 0 Å². The molecule has 0 aliphatic carbocycles. The van der Waals surface area contributed by atoms with Crippen molar-refractivity contribution in [3.05, 3.63) is 58.6 Å². The van der Waals surface area contributed by atoms with Gasteiger partial charge in [0.2, 0.25) is 3.79 Å². The monoisotopic (exact) mass is 499 g/mol. The third kappa shape index (κ3) is 7.70. The lowest BCUT2D eigenvalue weighted by Gasteiger charge is -2.27. The summed E-state index contributed by atoms with van der Waals surface area (Å²) in [5.74, 6) is 0.0140. The van der Waals surface area contributed by atoms with Crippen LogP contribution in [0.5, 0.6) is 5.75 Å². The topological polar surface area (TPSA) is 62.4 Å². The van der Waals surface area contributed by atoms with Gasteiger partial charge in [-0.05, 0) is 42.5 Å². The van der Waals surface area contributed by atoms with Gasteiger partial charge in [-0.2, -0.15) is 0 Å². The Morgan fingerprint density at radius 1 is 1.07 bits per heavy atom. The second kappa shape index (κ2) is 10.6. The Labute approximate surface area is 192 Å². The van der Waals surface area contributed by atoms with E-state index < -0.39 is 15.9 Å². The molecule has 0 fully saturated rings. The molecule has 11 heteroatoms. The van der Waals surface area contributed by atoms with Gasteiger partial charge in [-0.15, -0.1) is 0 Å². The van der Waals surface area contributed by atoms with Gasteiger partial charge in [0, 0.05) is 5.02 Å². The lowest BCUT2D eigenvalue weighted by Crippen LogP contribution is -2.57. The second-order valence-corrected chi connectivity index (χ2v) is 8.99. The first kappa shape index (κ1) is 23.1. The van der Waals surface area contributed by atoms with Gasteiger partial charge in [0.1, 0.15) is 11.9 Å². The highest BCUT2D eigenvalue weighted by Crippen LogP contribution is 2.30. The second-order valence-electron chi connectivity index (χ2n) is 5.37. The Morgan fingerprint density at radius 2 is 1.75 bits per heavy atom. The summed E-state index contributed by atoms with van der Waals surface area (Å²) in [4.78, 5) is 12.2. The highest BCUT2D eigenvalue weighted by molar-refractivity contribution is 7.80. The highest BCUT2D eigenvalue weighted by Gasteiger charge is 2.34. The minimum Gasteiger partial charge on any atom is -0.484 e. The van der Waals surface area contributed by atoms with E-state index in [9.17, 15) is 4.79 Å². The summed E-state index contributed by atoms with van der Waals surface area (Å²) in [6.45, 7) is -0.275. The number of thiocarbonyl (C=S) groups is 1. The number of alkyl halides is 3. The van der Waals surface area contributed by atoms with Crippen LogP contribution in [0, 0.1) is 0 Å². The van der Waals surface area contributed by atoms with Gasteiger partial charge in [0.15, 0.2) is 11.7 Å². The number of para-hydroxylation sites is 1. The fourth-order valence-corrected chi connectivity index (χ4v) is 2.84. The molecular formula is C17H14Cl5N3O2S. The first-order valence-electron chi connectivity index (χ1n) is 7.71. The van der Waals surface area contributed by atoms with E-state index in [4.69, 9.17) is 75.0 Å². The molecule has 150 valence electrons. The van der Waals surface area contributed by atoms with E-state index >= 15 is 0 Å². The maximum Gasteiger partial charge on any atom is 0.259 e. The van der Waals surface area contributed by atoms with E-state index in [1.54, 1.807) is 42.5 Å². The molecule has 0 aliphatic rings. The number of carbonyl (C=O) groups excluding carboxylic acids is 1. The van der Waals surface area contributed by atoms with Crippen molar-refractivity contribution in [1.29, 1.82) is 0 Å². The van der Waals surface area contributed by atoms with Gasteiger partial charge in [-0.25, -0.2) is 0 Å². The SMILES string of the molecule is O=C(COc1ccccc1)N[C@H](NC(=S)Nc1cc(Cl)ccc1Cl)C(Cl)(Cl)Cl. The van der Waals surface area contributed by atoms with Crippen molar-refractivity contribution in [2.24, 2.45) is 0 Å². The predicted molar refractivity (Wildman–Crippen MR) is 120 cm³/mol. The third-order valence-corrected chi connectivity index (χ3v) is 4.64. The first-order chi connectivity index (χ1) is 13.1. The van der Waals surface area contributed by atoms with E-state index in [2.05, 4.69) is 16.0 Å². The molecule has 5 nitrogen and oxygen atoms in total. The van der Waals surface area contributed by atoms with Crippen LogP contribution in [-0.2, 0) is 4.79 Å². The summed E-state index contributed by atoms with van der Waals surface area (Å²) >= 11 is 35.0. The van der Waals surface area contributed by atoms with Crippen molar-refractivity contribution in [2.45, 2.75) is 9.96 Å². The standard InChI is InChI=1S/C17H14Cl5N3O2S/c18-10-6-7-12(19)13(8-10)23-16(28)25-15(17(20,21)22)24-14(26)9-27-11-4-2-1-3-5-11/h1-8,15H,9H2,(H,24,26)(H2,23,25,28)/t15-/m1/s1. The molecule has 0 aliphatic heterocycles. The normalized spacial score (nSPS) is 12.0. The molecule has 0 heterocycles. The van der Waals surface area contributed by atoms with E-state index in [-0.39, 0.29) is 11.7 Å². The Bertz CT molecular complexity index is 833. The smallest absolute Gasteiger partial charge is 0.259 e. The molecule has 2 rings (SSSR count). The molecule has 0 unspecified atom stereocenters. The Morgan fingerprint density at radius 3 is 2.39 bits per heavy atom. The van der Waals surface area contributed by atoms with Crippen molar-refractivity contribution in [3.63, 3.8) is 0 Å². The van der Waals surface area contributed by atoms with Gasteiger partial charge in [-0.3, -0.25) is 4.79 Å². The van der Waals surface area contributed by atoms with Crippen molar-refractivity contribution in [3.8, 4) is 5.75 Å². The van der Waals surface area contributed by atoms with E-state index in [1.165, 1.54) is 0 Å². The van der Waals surface area contributed by atoms with Gasteiger partial charge >= 0.3 is 0 Å². The number of halogens is 5. The molecule has 0 spiro atoms. The number of benzene rings is 2. The molecule has 0 radical (unpaired) electrons. The summed E-state index contributed by atoms with van der Waals surface area (Å²) in [6, 6.07) is 13.6. The summed E-state index contributed by atoms with van der Waals surface area (Å²) in [5.41, 5.74) is 0.452. The number of carbonyl (C=O) groups is 1. The van der Waals surface area contributed by atoms with Crippen LogP contribution in [0.1, 0.15) is 0 Å². The summed E-state index contributed by atoms with van der Waals surface area (Å²) in [6.07, 6.45) is -1.14. The molecule has 2 aromatic rings. The maximum atomic E-state index is 12.2. The first-order valence-corrected chi connectivity index (χ1v) is 10.0. The zero-order valence-electron chi connectivity index (χ0n) is 14.0. The minimum absolute atomic E-state index is 0.0600. The number of nitrogens with one attached hydrogen (secondary N) is 3. The fraction of sp³-hybridized carbons (Fsp3) is 0.176. The van der Waals surface area contributed by atoms with Crippen LogP contribution in [0.3, 0.4) is 0 Å². The summed E-state index contributed by atoms with van der Waals surface area (Å²) in [7, 11) is 0. The fourth-order valence-electron chi connectivity index (χ4n) is 1.95. The Balaban J connectivity index is 1.96. The summed E-state index contributed by atoms with van der Waals surface area (Å²) in [5, 5.41) is 8.96. The van der Waals surface area contributed by atoms with Crippen LogP contribution >= 0.6 is 70.2 Å². The largest absolute Gasteiger partial charge is 0.484 e. The average Bonchev–Trinajstić information content (AvgIpc) is 2.62. The van der Waals surface area contributed by atoms with E-state index in [1.807, 2.05) is 6.07 Å². The van der Waals surface area contributed by atoms with E-state index in [0.29, 0.717) is 21.5 Å². The number of anilines is 1. The van der Waals surface area contributed by atoms with Crippen LogP contribution in [0.4, 0.5) is 5.69 Å². The predicted octanol–water partition coefficient (Wildman–Crippen LogP) is 5.17. The molecule has 2 aromatic carbocycles. The number of rotatable bonds is 6. The maximum absolute atomic E-state index is 12.2. The highest BCUT2D eigenvalue weighted by atomic mass is 35.6. The lowest BCUT2D eigenvalue weighted by molar-refractivity contribution is -0.123. The quantitative estimate of drug-likeness (QED) is 0.290. The van der Waals surface area contributed by atoms with Crippen molar-refractivity contribution < 1.29 is 9.53 Å². The van der Waals surface area contributed by atoms with Crippen LogP contribution in [-0.4, -0.2) is 27.6 Å². The van der Waals surface area contributed by atoms with Crippen LogP contribution < -0.4 is 20.7 Å². The summed E-state index contributed by atoms with van der Waals surface area (Å²) < 4.78 is 3.46. The van der Waals surface area contributed by atoms with Gasteiger partial charge in [-0.1, -0.05) is 76.2 Å². The molecule has 0 saturated heterocycles. The molecule has 1 atom stereocenters. The molecule has 0 aromatic heterocycles. The van der Waals surface area contributed by atoms with Crippen LogP contribution in [0.15, 0.2) is 48.5 Å². The van der Waals surface area contributed by atoms with Crippen molar-refractivity contribution in [1.82, 2.24) is 10.6 Å². The van der Waals surface area contributed by atoms with Crippen molar-refractivity contribution >= 4 is 86.9 Å². The molecule has 28 heavy (non-hydrogen) atoms. The average molecular weight is 502 g/mol. The number of hydrogen-bond donors (Lipinski definition) is 3. The number of ether oxygens (including phenoxy) is 1. The van der Waals surface area contributed by atoms with Gasteiger partial charge < -0.3 is 20.7 Å². The molecular weight excluding hydrogens is 488 g/mol. The molecule has 1 amide bonds. The van der Waals surface area contributed by atoms with E-state index in [0.717, 1.165) is 0 Å². The van der Waals surface area contributed by atoms with Crippen molar-refractivity contribution in [2.75, 3.05) is 11.9 Å². The molecule has 3 N–H and O–H groups in total. The Hall–Kier alpha value is -1.15. The number of hydrogen-bond acceptors (Lipinski definition) is 3. The number of amides is 1. The zero-order valence-corrected chi connectivity index (χ0v) is 18.6. The lowest BCUT2D eigenvalue weighted by atomic mass is 10.3. The molecule has 0 bridgehead atoms. The Kier molecular flexibility index (Phi) is 8.74. The van der Waals surface area contributed by atoms with Gasteiger partial charge in [0.25, 0.3) is 5.91 Å². The van der Waals surface area contributed by atoms with Crippen LogP contribution in [0.2, 0.25) is 10.0 Å². The third-order valence-electron chi connectivity index (χ3n) is 3.20.